The maximum absolute atomic E-state index is 12.7. The van der Waals surface area contributed by atoms with Crippen LogP contribution in [0.25, 0.3) is 16.8 Å². The fourth-order valence-electron chi connectivity index (χ4n) is 3.45. The zero-order valence-corrected chi connectivity index (χ0v) is 19.1. The fraction of sp³-hybridized carbons (Fsp3) is 0.0769. The number of halogens is 1. The molecular weight excluding hydrogens is 484 g/mol. The summed E-state index contributed by atoms with van der Waals surface area (Å²) in [6, 6.07) is 28.5. The van der Waals surface area contributed by atoms with Crippen LogP contribution in [0, 0.1) is 0 Å². The number of ether oxygens (including phenoxy) is 2. The van der Waals surface area contributed by atoms with Gasteiger partial charge in [0, 0.05) is 10.5 Å². The third kappa shape index (κ3) is 4.68. The summed E-state index contributed by atoms with van der Waals surface area (Å²) >= 11 is 3.41. The third-order valence-electron chi connectivity index (χ3n) is 5.05. The predicted octanol–water partition coefficient (Wildman–Crippen LogP) is 5.90. The van der Waals surface area contributed by atoms with Gasteiger partial charge in [0.2, 0.25) is 11.8 Å². The van der Waals surface area contributed by atoms with Crippen molar-refractivity contribution in [1.29, 1.82) is 0 Å². The second-order valence-corrected chi connectivity index (χ2v) is 8.25. The van der Waals surface area contributed by atoms with Crippen molar-refractivity contribution in [2.45, 2.75) is 13.2 Å². The van der Waals surface area contributed by atoms with E-state index in [9.17, 15) is 4.79 Å². The average molecular weight is 503 g/mol. The first-order valence-electron chi connectivity index (χ1n) is 10.3. The van der Waals surface area contributed by atoms with Crippen LogP contribution in [0.3, 0.4) is 0 Å². The number of aromatic nitrogens is 2. The average Bonchev–Trinajstić information content (AvgIpc) is 3.17. The van der Waals surface area contributed by atoms with Crippen molar-refractivity contribution in [2.75, 3.05) is 0 Å². The minimum Gasteiger partial charge on any atom is -0.473 e. The van der Waals surface area contributed by atoms with E-state index in [0.29, 0.717) is 35.9 Å². The molecule has 0 unspecified atom stereocenters. The van der Waals surface area contributed by atoms with E-state index < -0.39 is 5.76 Å². The van der Waals surface area contributed by atoms with Crippen molar-refractivity contribution in [3.05, 3.63) is 117 Å². The molecule has 0 aliphatic heterocycles. The number of hydrogen-bond acceptors (Lipinski definition) is 5. The van der Waals surface area contributed by atoms with Crippen molar-refractivity contribution in [3.63, 3.8) is 0 Å². The van der Waals surface area contributed by atoms with Gasteiger partial charge in [-0.05, 0) is 35.4 Å². The molecule has 0 atom stereocenters. The lowest BCUT2D eigenvalue weighted by molar-refractivity contribution is 0.267. The summed E-state index contributed by atoms with van der Waals surface area (Å²) in [5, 5.41) is 0. The number of rotatable bonds is 7. The maximum Gasteiger partial charge on any atom is 0.424 e. The molecule has 5 rings (SSSR count). The monoisotopic (exact) mass is 502 g/mol. The Labute approximate surface area is 198 Å². The van der Waals surface area contributed by atoms with Gasteiger partial charge in [-0.3, -0.25) is 0 Å². The molecule has 0 saturated heterocycles. The number of hydrogen-bond donors (Lipinski definition) is 0. The molecule has 6 nitrogen and oxygen atoms in total. The molecule has 3 aromatic carbocycles. The van der Waals surface area contributed by atoms with Crippen LogP contribution in [0.15, 0.2) is 105 Å². The van der Waals surface area contributed by atoms with Gasteiger partial charge in [-0.25, -0.2) is 9.36 Å². The Kier molecular flexibility index (Phi) is 5.95. The zero-order chi connectivity index (χ0) is 22.6. The van der Waals surface area contributed by atoms with Crippen LogP contribution in [0.5, 0.6) is 11.8 Å². The molecule has 164 valence electrons. The molecule has 5 aromatic rings. The SMILES string of the molecule is O=c1oc2cc(Br)ccc2n1-c1ccc(OCc2ccccc2)nc1OCc1ccccc1. The van der Waals surface area contributed by atoms with E-state index in [2.05, 4.69) is 20.9 Å². The quantitative estimate of drug-likeness (QED) is 0.277. The minimum absolute atomic E-state index is 0.275. The first kappa shape index (κ1) is 21.0. The Balaban J connectivity index is 1.52. The van der Waals surface area contributed by atoms with Crippen molar-refractivity contribution < 1.29 is 13.9 Å². The Morgan fingerprint density at radius 3 is 2.18 bits per heavy atom. The summed E-state index contributed by atoms with van der Waals surface area (Å²) in [5.74, 6) is 0.152. The van der Waals surface area contributed by atoms with Crippen LogP contribution in [-0.4, -0.2) is 9.55 Å². The Bertz CT molecular complexity index is 1450. The number of oxazole rings is 1. The van der Waals surface area contributed by atoms with Crippen LogP contribution < -0.4 is 15.2 Å². The van der Waals surface area contributed by atoms with Gasteiger partial charge in [0.1, 0.15) is 18.9 Å². The molecular formula is C26H19BrN2O4. The molecule has 0 radical (unpaired) electrons. The highest BCUT2D eigenvalue weighted by Crippen LogP contribution is 2.28. The lowest BCUT2D eigenvalue weighted by Crippen LogP contribution is -2.14. The molecule has 0 fully saturated rings. The second kappa shape index (κ2) is 9.34. The van der Waals surface area contributed by atoms with Crippen LogP contribution in [0.4, 0.5) is 0 Å². The summed E-state index contributed by atoms with van der Waals surface area (Å²) in [5.41, 5.74) is 3.57. The van der Waals surface area contributed by atoms with Gasteiger partial charge in [-0.2, -0.15) is 4.98 Å². The summed E-state index contributed by atoms with van der Waals surface area (Å²) in [7, 11) is 0. The Morgan fingerprint density at radius 2 is 1.48 bits per heavy atom. The molecule has 0 aliphatic rings. The minimum atomic E-state index is -0.521. The van der Waals surface area contributed by atoms with Gasteiger partial charge < -0.3 is 13.9 Å². The van der Waals surface area contributed by atoms with Crippen molar-refractivity contribution >= 4 is 27.0 Å². The molecule has 0 bridgehead atoms. The summed E-state index contributed by atoms with van der Waals surface area (Å²) in [6.45, 7) is 0.660. The highest BCUT2D eigenvalue weighted by atomic mass is 79.9. The molecule has 0 amide bonds. The van der Waals surface area contributed by atoms with Gasteiger partial charge >= 0.3 is 5.76 Å². The van der Waals surface area contributed by atoms with E-state index in [1.807, 2.05) is 72.8 Å². The fourth-order valence-corrected chi connectivity index (χ4v) is 3.79. The van der Waals surface area contributed by atoms with Crippen LogP contribution in [0.2, 0.25) is 0 Å². The van der Waals surface area contributed by atoms with E-state index in [1.165, 1.54) is 4.57 Å². The number of nitrogens with zero attached hydrogens (tertiary/aromatic N) is 2. The standard InChI is InChI=1S/C26H19BrN2O4/c27-20-11-12-21-23(15-20)33-26(30)29(21)22-13-14-24(31-16-18-7-3-1-4-8-18)28-25(22)32-17-19-9-5-2-6-10-19/h1-15H,16-17H2. The first-order chi connectivity index (χ1) is 16.2. The first-order valence-corrected chi connectivity index (χ1v) is 11.1. The topological polar surface area (TPSA) is 66.5 Å². The second-order valence-electron chi connectivity index (χ2n) is 7.34. The van der Waals surface area contributed by atoms with Crippen LogP contribution >= 0.6 is 15.9 Å². The zero-order valence-electron chi connectivity index (χ0n) is 17.5. The summed E-state index contributed by atoms with van der Waals surface area (Å²) in [4.78, 5) is 17.3. The van der Waals surface area contributed by atoms with Gasteiger partial charge in [0.25, 0.3) is 0 Å². The lowest BCUT2D eigenvalue weighted by Gasteiger charge is -2.13. The highest BCUT2D eigenvalue weighted by Gasteiger charge is 2.18. The number of benzene rings is 3. The molecule has 33 heavy (non-hydrogen) atoms. The molecule has 0 spiro atoms. The molecule has 2 aromatic heterocycles. The summed E-state index contributed by atoms with van der Waals surface area (Å²) in [6.07, 6.45) is 0. The molecule has 2 heterocycles. The molecule has 0 N–H and O–H groups in total. The van der Waals surface area contributed by atoms with Crippen molar-refractivity contribution in [1.82, 2.24) is 9.55 Å². The van der Waals surface area contributed by atoms with Gasteiger partial charge in [-0.15, -0.1) is 0 Å². The van der Waals surface area contributed by atoms with Crippen molar-refractivity contribution in [3.8, 4) is 17.4 Å². The van der Waals surface area contributed by atoms with Crippen LogP contribution in [0.1, 0.15) is 11.1 Å². The molecule has 0 saturated carbocycles. The van der Waals surface area contributed by atoms with Gasteiger partial charge in [0.05, 0.1) is 5.52 Å². The van der Waals surface area contributed by atoms with Gasteiger partial charge in [-0.1, -0.05) is 76.6 Å². The van der Waals surface area contributed by atoms with E-state index >= 15 is 0 Å². The smallest absolute Gasteiger partial charge is 0.424 e. The van der Waals surface area contributed by atoms with E-state index in [0.717, 1.165) is 15.6 Å². The predicted molar refractivity (Wildman–Crippen MR) is 129 cm³/mol. The Morgan fingerprint density at radius 1 is 0.818 bits per heavy atom. The largest absolute Gasteiger partial charge is 0.473 e. The maximum atomic E-state index is 12.7. The highest BCUT2D eigenvalue weighted by molar-refractivity contribution is 9.10. The van der Waals surface area contributed by atoms with Crippen LogP contribution in [-0.2, 0) is 13.2 Å². The normalized spacial score (nSPS) is 10.9. The van der Waals surface area contributed by atoms with E-state index in [-0.39, 0.29) is 5.88 Å². The number of pyridine rings is 1. The third-order valence-corrected chi connectivity index (χ3v) is 5.54. The molecule has 7 heteroatoms. The summed E-state index contributed by atoms with van der Waals surface area (Å²) < 4.78 is 19.7. The lowest BCUT2D eigenvalue weighted by atomic mass is 10.2. The van der Waals surface area contributed by atoms with Gasteiger partial charge in [0.15, 0.2) is 5.58 Å². The molecule has 0 aliphatic carbocycles. The van der Waals surface area contributed by atoms with Crippen molar-refractivity contribution in [2.24, 2.45) is 0 Å². The number of fused-ring (bicyclic) bond motifs is 1. The van der Waals surface area contributed by atoms with E-state index in [1.54, 1.807) is 18.2 Å². The van der Waals surface area contributed by atoms with E-state index in [4.69, 9.17) is 13.9 Å². The Hall–Kier alpha value is -3.84.